The minimum absolute atomic E-state index is 0.00415. The van der Waals surface area contributed by atoms with Gasteiger partial charge in [0.15, 0.2) is 11.5 Å². The molecule has 0 saturated heterocycles. The Balaban J connectivity index is 1.88. The number of nitrogens with two attached hydrogens (primary N) is 1. The SMILES string of the molecule is N[C@@H](Cc1ccc(O)c(O)c1)C(=O)OC1CCCCC1. The van der Waals surface area contributed by atoms with Crippen LogP contribution in [-0.2, 0) is 16.0 Å². The first-order chi connectivity index (χ1) is 9.56. The van der Waals surface area contributed by atoms with Gasteiger partial charge in [0.1, 0.15) is 12.1 Å². The van der Waals surface area contributed by atoms with E-state index in [-0.39, 0.29) is 24.0 Å². The maximum Gasteiger partial charge on any atom is 0.323 e. The molecule has 1 aliphatic carbocycles. The number of benzene rings is 1. The van der Waals surface area contributed by atoms with Crippen LogP contribution in [0.3, 0.4) is 0 Å². The molecular weight excluding hydrogens is 258 g/mol. The van der Waals surface area contributed by atoms with Gasteiger partial charge in [-0.15, -0.1) is 0 Å². The van der Waals surface area contributed by atoms with Gasteiger partial charge in [0.25, 0.3) is 0 Å². The molecule has 2 rings (SSSR count). The molecule has 1 aromatic carbocycles. The second-order valence-corrected chi connectivity index (χ2v) is 5.33. The highest BCUT2D eigenvalue weighted by molar-refractivity contribution is 5.76. The first-order valence-electron chi connectivity index (χ1n) is 7.03. The van der Waals surface area contributed by atoms with E-state index in [2.05, 4.69) is 0 Å². The molecule has 0 aromatic heterocycles. The van der Waals surface area contributed by atoms with E-state index in [0.29, 0.717) is 5.56 Å². The zero-order chi connectivity index (χ0) is 14.5. The van der Waals surface area contributed by atoms with Crippen molar-refractivity contribution in [3.8, 4) is 11.5 Å². The summed E-state index contributed by atoms with van der Waals surface area (Å²) in [7, 11) is 0. The summed E-state index contributed by atoms with van der Waals surface area (Å²) in [6.45, 7) is 0. The van der Waals surface area contributed by atoms with E-state index in [1.54, 1.807) is 6.07 Å². The molecule has 1 atom stereocenters. The molecule has 0 radical (unpaired) electrons. The number of ether oxygens (including phenoxy) is 1. The van der Waals surface area contributed by atoms with Gasteiger partial charge >= 0.3 is 5.97 Å². The van der Waals surface area contributed by atoms with E-state index in [1.807, 2.05) is 0 Å². The third kappa shape index (κ3) is 3.87. The Hall–Kier alpha value is -1.75. The van der Waals surface area contributed by atoms with Gasteiger partial charge in [-0.25, -0.2) is 0 Å². The molecule has 0 aliphatic heterocycles. The zero-order valence-corrected chi connectivity index (χ0v) is 11.4. The molecule has 0 heterocycles. The number of esters is 1. The van der Waals surface area contributed by atoms with Gasteiger partial charge in [0.2, 0.25) is 0 Å². The third-order valence-electron chi connectivity index (χ3n) is 3.63. The van der Waals surface area contributed by atoms with Gasteiger partial charge in [-0.05, 0) is 49.8 Å². The molecule has 1 aromatic rings. The summed E-state index contributed by atoms with van der Waals surface area (Å²) in [6.07, 6.45) is 5.50. The molecule has 1 fully saturated rings. The van der Waals surface area contributed by atoms with Crippen molar-refractivity contribution in [2.45, 2.75) is 50.7 Å². The van der Waals surface area contributed by atoms with Crippen molar-refractivity contribution >= 4 is 5.97 Å². The first kappa shape index (κ1) is 14.7. The lowest BCUT2D eigenvalue weighted by Gasteiger charge is -2.23. The van der Waals surface area contributed by atoms with E-state index < -0.39 is 12.0 Å². The van der Waals surface area contributed by atoms with Gasteiger partial charge < -0.3 is 20.7 Å². The van der Waals surface area contributed by atoms with Crippen molar-refractivity contribution in [3.05, 3.63) is 23.8 Å². The van der Waals surface area contributed by atoms with Crippen molar-refractivity contribution in [2.24, 2.45) is 5.73 Å². The van der Waals surface area contributed by atoms with Crippen molar-refractivity contribution < 1.29 is 19.7 Å². The number of rotatable bonds is 4. The second-order valence-electron chi connectivity index (χ2n) is 5.33. The molecule has 1 aliphatic rings. The Kier molecular flexibility index (Phi) is 4.84. The van der Waals surface area contributed by atoms with Crippen molar-refractivity contribution in [1.82, 2.24) is 0 Å². The van der Waals surface area contributed by atoms with Crippen LogP contribution in [0, 0.1) is 0 Å². The molecule has 0 unspecified atom stereocenters. The summed E-state index contributed by atoms with van der Waals surface area (Å²) in [4.78, 5) is 11.9. The summed E-state index contributed by atoms with van der Waals surface area (Å²) >= 11 is 0. The summed E-state index contributed by atoms with van der Waals surface area (Å²) in [6, 6.07) is 3.66. The van der Waals surface area contributed by atoms with Crippen LogP contribution in [0.2, 0.25) is 0 Å². The topological polar surface area (TPSA) is 92.8 Å². The summed E-state index contributed by atoms with van der Waals surface area (Å²) in [5.41, 5.74) is 6.52. The average molecular weight is 279 g/mol. The quantitative estimate of drug-likeness (QED) is 0.577. The van der Waals surface area contributed by atoms with Gasteiger partial charge in [-0.3, -0.25) is 4.79 Å². The van der Waals surface area contributed by atoms with E-state index in [9.17, 15) is 15.0 Å². The predicted molar refractivity (Wildman–Crippen MR) is 74.4 cm³/mol. The number of carbonyl (C=O) groups is 1. The highest BCUT2D eigenvalue weighted by Gasteiger charge is 2.22. The standard InChI is InChI=1S/C15H21NO4/c16-12(8-10-6-7-13(17)14(18)9-10)15(19)20-11-4-2-1-3-5-11/h6-7,9,11-12,17-18H,1-5,8,16H2/t12-/m0/s1. The molecule has 0 bridgehead atoms. The molecule has 1 saturated carbocycles. The molecule has 5 nitrogen and oxygen atoms in total. The number of carbonyl (C=O) groups excluding carboxylic acids is 1. The van der Waals surface area contributed by atoms with Crippen LogP contribution in [0.25, 0.3) is 0 Å². The largest absolute Gasteiger partial charge is 0.504 e. The minimum Gasteiger partial charge on any atom is -0.504 e. The Morgan fingerprint density at radius 1 is 1.25 bits per heavy atom. The van der Waals surface area contributed by atoms with Gasteiger partial charge in [0, 0.05) is 0 Å². The maximum absolute atomic E-state index is 11.9. The van der Waals surface area contributed by atoms with Crippen LogP contribution in [0.1, 0.15) is 37.7 Å². The van der Waals surface area contributed by atoms with Gasteiger partial charge in [-0.2, -0.15) is 0 Å². The monoisotopic (exact) mass is 279 g/mol. The number of hydrogen-bond donors (Lipinski definition) is 3. The lowest BCUT2D eigenvalue weighted by atomic mass is 9.97. The Morgan fingerprint density at radius 3 is 2.60 bits per heavy atom. The first-order valence-corrected chi connectivity index (χ1v) is 7.03. The summed E-state index contributed by atoms with van der Waals surface area (Å²) in [5.74, 6) is -0.799. The smallest absolute Gasteiger partial charge is 0.323 e. The van der Waals surface area contributed by atoms with Gasteiger partial charge in [-0.1, -0.05) is 12.5 Å². The number of phenolic OH excluding ortho intramolecular Hbond substituents is 2. The molecule has 0 spiro atoms. The number of aromatic hydroxyl groups is 2. The normalized spacial score (nSPS) is 17.6. The Bertz CT molecular complexity index is 469. The fraction of sp³-hybridized carbons (Fsp3) is 0.533. The number of hydrogen-bond acceptors (Lipinski definition) is 5. The highest BCUT2D eigenvalue weighted by atomic mass is 16.5. The lowest BCUT2D eigenvalue weighted by molar-refractivity contribution is -0.152. The third-order valence-corrected chi connectivity index (χ3v) is 3.63. The van der Waals surface area contributed by atoms with Crippen LogP contribution in [0.15, 0.2) is 18.2 Å². The Labute approximate surface area is 118 Å². The molecule has 4 N–H and O–H groups in total. The summed E-state index contributed by atoms with van der Waals surface area (Å²) < 4.78 is 5.40. The summed E-state index contributed by atoms with van der Waals surface area (Å²) in [5, 5.41) is 18.6. The molecule has 110 valence electrons. The highest BCUT2D eigenvalue weighted by Crippen LogP contribution is 2.25. The van der Waals surface area contributed by atoms with Crippen LogP contribution >= 0.6 is 0 Å². The second kappa shape index (κ2) is 6.61. The van der Waals surface area contributed by atoms with E-state index in [1.165, 1.54) is 18.6 Å². The van der Waals surface area contributed by atoms with Gasteiger partial charge in [0.05, 0.1) is 0 Å². The predicted octanol–water partition coefficient (Wildman–Crippen LogP) is 1.84. The van der Waals surface area contributed by atoms with Crippen molar-refractivity contribution in [1.29, 1.82) is 0 Å². The van der Waals surface area contributed by atoms with Crippen LogP contribution in [0.5, 0.6) is 11.5 Å². The Morgan fingerprint density at radius 2 is 1.95 bits per heavy atom. The lowest BCUT2D eigenvalue weighted by Crippen LogP contribution is -2.37. The molecule has 0 amide bonds. The van der Waals surface area contributed by atoms with Crippen molar-refractivity contribution in [3.63, 3.8) is 0 Å². The van der Waals surface area contributed by atoms with Crippen LogP contribution < -0.4 is 5.73 Å². The molecule has 5 heteroatoms. The average Bonchev–Trinajstić information content (AvgIpc) is 2.44. The van der Waals surface area contributed by atoms with Crippen LogP contribution in [0.4, 0.5) is 0 Å². The van der Waals surface area contributed by atoms with E-state index >= 15 is 0 Å². The van der Waals surface area contributed by atoms with Crippen LogP contribution in [-0.4, -0.2) is 28.3 Å². The van der Waals surface area contributed by atoms with E-state index in [4.69, 9.17) is 10.5 Å². The molecular formula is C15H21NO4. The van der Waals surface area contributed by atoms with E-state index in [0.717, 1.165) is 25.7 Å². The minimum atomic E-state index is -0.749. The zero-order valence-electron chi connectivity index (χ0n) is 11.4. The fourth-order valence-electron chi connectivity index (χ4n) is 2.47. The van der Waals surface area contributed by atoms with Crippen molar-refractivity contribution in [2.75, 3.05) is 0 Å². The maximum atomic E-state index is 11.9. The fourth-order valence-corrected chi connectivity index (χ4v) is 2.47. The molecule has 20 heavy (non-hydrogen) atoms. The number of phenols is 2.